The van der Waals surface area contributed by atoms with E-state index in [0.29, 0.717) is 23.1 Å². The first-order valence-corrected chi connectivity index (χ1v) is 10.8. The van der Waals surface area contributed by atoms with Gasteiger partial charge in [0.25, 0.3) is 0 Å². The van der Waals surface area contributed by atoms with Gasteiger partial charge in [-0.3, -0.25) is 9.36 Å². The highest BCUT2D eigenvalue weighted by atomic mass is 32.2. The van der Waals surface area contributed by atoms with Gasteiger partial charge in [-0.25, -0.2) is 4.39 Å². The molecule has 31 heavy (non-hydrogen) atoms. The van der Waals surface area contributed by atoms with Crippen LogP contribution in [0.1, 0.15) is 11.1 Å². The van der Waals surface area contributed by atoms with Crippen molar-refractivity contribution >= 4 is 17.7 Å². The lowest BCUT2D eigenvalue weighted by Crippen LogP contribution is -2.24. The summed E-state index contributed by atoms with van der Waals surface area (Å²) >= 11 is 1.27. The van der Waals surface area contributed by atoms with Gasteiger partial charge in [0.2, 0.25) is 5.91 Å². The first-order valence-electron chi connectivity index (χ1n) is 9.83. The molecule has 4 rings (SSSR count). The van der Waals surface area contributed by atoms with Crippen molar-refractivity contribution in [1.29, 1.82) is 0 Å². The quantitative estimate of drug-likeness (QED) is 0.427. The van der Waals surface area contributed by atoms with Crippen molar-refractivity contribution in [3.05, 3.63) is 95.8 Å². The van der Waals surface area contributed by atoms with Crippen LogP contribution in [0.3, 0.4) is 0 Å². The predicted molar refractivity (Wildman–Crippen MR) is 121 cm³/mol. The third-order valence-corrected chi connectivity index (χ3v) is 5.70. The zero-order valence-corrected chi connectivity index (χ0v) is 17.8. The second-order valence-corrected chi connectivity index (χ2v) is 7.90. The number of nitrogens with zero attached hydrogens (tertiary/aromatic N) is 3. The summed E-state index contributed by atoms with van der Waals surface area (Å²) in [5.74, 6) is 0.0933. The molecule has 4 aromatic rings. The molecule has 1 heterocycles. The van der Waals surface area contributed by atoms with E-state index >= 15 is 0 Å². The topological polar surface area (TPSA) is 59.8 Å². The molecule has 1 N–H and O–H groups in total. The van der Waals surface area contributed by atoms with Crippen molar-refractivity contribution in [3.8, 4) is 17.1 Å². The van der Waals surface area contributed by atoms with Crippen molar-refractivity contribution in [1.82, 2.24) is 20.1 Å². The molecule has 156 valence electrons. The Morgan fingerprint density at radius 3 is 2.45 bits per heavy atom. The van der Waals surface area contributed by atoms with Gasteiger partial charge in [-0.1, -0.05) is 72.4 Å². The third-order valence-electron chi connectivity index (χ3n) is 4.77. The molecule has 0 spiro atoms. The van der Waals surface area contributed by atoms with Crippen LogP contribution in [0.25, 0.3) is 17.1 Å². The maximum Gasteiger partial charge on any atom is 0.230 e. The van der Waals surface area contributed by atoms with Crippen LogP contribution in [0.15, 0.2) is 84.0 Å². The van der Waals surface area contributed by atoms with Crippen LogP contribution in [0.4, 0.5) is 4.39 Å². The molecule has 0 aliphatic heterocycles. The van der Waals surface area contributed by atoms with Gasteiger partial charge in [0.05, 0.1) is 17.0 Å². The highest BCUT2D eigenvalue weighted by Crippen LogP contribution is 2.30. The van der Waals surface area contributed by atoms with E-state index in [-0.39, 0.29) is 17.5 Å². The third kappa shape index (κ3) is 4.83. The Kier molecular flexibility index (Phi) is 6.43. The number of carbonyl (C=O) groups excluding carboxylic acids is 1. The Morgan fingerprint density at radius 2 is 1.68 bits per heavy atom. The van der Waals surface area contributed by atoms with E-state index in [1.54, 1.807) is 18.2 Å². The van der Waals surface area contributed by atoms with Gasteiger partial charge in [0.15, 0.2) is 11.0 Å². The number of aryl methyl sites for hydroxylation is 1. The Morgan fingerprint density at radius 1 is 0.968 bits per heavy atom. The van der Waals surface area contributed by atoms with E-state index in [9.17, 15) is 9.18 Å². The maximum atomic E-state index is 14.5. The van der Waals surface area contributed by atoms with Crippen LogP contribution in [0, 0.1) is 12.7 Å². The summed E-state index contributed by atoms with van der Waals surface area (Å²) in [5, 5.41) is 12.0. The van der Waals surface area contributed by atoms with Crippen LogP contribution < -0.4 is 5.32 Å². The molecule has 0 atom stereocenters. The van der Waals surface area contributed by atoms with Gasteiger partial charge in [-0.15, -0.1) is 10.2 Å². The highest BCUT2D eigenvalue weighted by molar-refractivity contribution is 7.99. The van der Waals surface area contributed by atoms with Crippen LogP contribution in [0.5, 0.6) is 0 Å². The van der Waals surface area contributed by atoms with Crippen LogP contribution >= 0.6 is 11.8 Å². The Labute approximate surface area is 184 Å². The fourth-order valence-electron chi connectivity index (χ4n) is 3.19. The SMILES string of the molecule is Cc1ccccc1-n1c(SCC(=O)NCc2ccccc2)nnc1-c1ccccc1F. The molecule has 0 aliphatic rings. The summed E-state index contributed by atoms with van der Waals surface area (Å²) in [6, 6.07) is 24.0. The van der Waals surface area contributed by atoms with E-state index in [1.807, 2.05) is 66.1 Å². The average Bonchev–Trinajstić information content (AvgIpc) is 3.21. The standard InChI is InChI=1S/C24H21FN4OS/c1-17-9-5-8-14-21(17)29-23(19-12-6-7-13-20(19)25)27-28-24(29)31-16-22(30)26-15-18-10-3-2-4-11-18/h2-14H,15-16H2,1H3,(H,26,30). The van der Waals surface area contributed by atoms with Gasteiger partial charge in [-0.05, 0) is 36.2 Å². The minimum Gasteiger partial charge on any atom is -0.351 e. The summed E-state index contributed by atoms with van der Waals surface area (Å²) in [6.45, 7) is 2.44. The molecular weight excluding hydrogens is 411 g/mol. The molecule has 0 fully saturated rings. The van der Waals surface area contributed by atoms with E-state index in [4.69, 9.17) is 0 Å². The van der Waals surface area contributed by atoms with Crippen molar-refractivity contribution in [2.24, 2.45) is 0 Å². The smallest absolute Gasteiger partial charge is 0.230 e. The molecule has 0 unspecified atom stereocenters. The molecule has 5 nitrogen and oxygen atoms in total. The number of nitrogens with one attached hydrogen (secondary N) is 1. The number of amides is 1. The summed E-state index contributed by atoms with van der Waals surface area (Å²) in [5.41, 5.74) is 3.23. The summed E-state index contributed by atoms with van der Waals surface area (Å²) < 4.78 is 16.3. The lowest BCUT2D eigenvalue weighted by molar-refractivity contribution is -0.118. The molecule has 0 radical (unpaired) electrons. The number of rotatable bonds is 7. The molecular formula is C24H21FN4OS. The van der Waals surface area contributed by atoms with Crippen molar-refractivity contribution in [3.63, 3.8) is 0 Å². The molecule has 0 saturated heterocycles. The van der Waals surface area contributed by atoms with Crippen LogP contribution in [-0.4, -0.2) is 26.4 Å². The monoisotopic (exact) mass is 432 g/mol. The number of benzene rings is 3. The first kappa shape index (κ1) is 20.8. The van der Waals surface area contributed by atoms with Gasteiger partial charge in [0, 0.05) is 6.54 Å². The Hall–Kier alpha value is -3.45. The zero-order chi connectivity index (χ0) is 21.6. The van der Waals surface area contributed by atoms with Gasteiger partial charge in [-0.2, -0.15) is 0 Å². The molecule has 0 aliphatic carbocycles. The minimum atomic E-state index is -0.373. The van der Waals surface area contributed by atoms with Gasteiger partial charge in [0.1, 0.15) is 5.82 Å². The Balaban J connectivity index is 1.58. The number of hydrogen-bond donors (Lipinski definition) is 1. The number of hydrogen-bond acceptors (Lipinski definition) is 4. The minimum absolute atomic E-state index is 0.111. The van der Waals surface area contributed by atoms with E-state index in [1.165, 1.54) is 17.8 Å². The first-order chi connectivity index (χ1) is 15.1. The predicted octanol–water partition coefficient (Wildman–Crippen LogP) is 4.79. The molecule has 3 aromatic carbocycles. The molecule has 1 amide bonds. The number of para-hydroxylation sites is 1. The van der Waals surface area contributed by atoms with Crippen LogP contribution in [-0.2, 0) is 11.3 Å². The van der Waals surface area contributed by atoms with Crippen molar-refractivity contribution < 1.29 is 9.18 Å². The number of carbonyl (C=O) groups is 1. The van der Waals surface area contributed by atoms with Gasteiger partial charge >= 0.3 is 0 Å². The van der Waals surface area contributed by atoms with E-state index in [2.05, 4.69) is 15.5 Å². The van der Waals surface area contributed by atoms with Crippen LogP contribution in [0.2, 0.25) is 0 Å². The highest BCUT2D eigenvalue weighted by Gasteiger charge is 2.20. The number of aromatic nitrogens is 3. The number of thioether (sulfide) groups is 1. The summed E-state index contributed by atoms with van der Waals surface area (Å²) in [7, 11) is 0. The second kappa shape index (κ2) is 9.57. The van der Waals surface area contributed by atoms with Crippen molar-refractivity contribution in [2.75, 3.05) is 5.75 Å². The fourth-order valence-corrected chi connectivity index (χ4v) is 3.96. The van der Waals surface area contributed by atoms with Gasteiger partial charge < -0.3 is 5.32 Å². The lowest BCUT2D eigenvalue weighted by Gasteiger charge is -2.13. The molecule has 0 saturated carbocycles. The lowest BCUT2D eigenvalue weighted by atomic mass is 10.1. The average molecular weight is 433 g/mol. The Bertz CT molecular complexity index is 1190. The normalized spacial score (nSPS) is 10.8. The summed E-state index contributed by atoms with van der Waals surface area (Å²) in [4.78, 5) is 12.4. The van der Waals surface area contributed by atoms with Crippen molar-refractivity contribution in [2.45, 2.75) is 18.6 Å². The molecule has 0 bridgehead atoms. The fraction of sp³-hybridized carbons (Fsp3) is 0.125. The van der Waals surface area contributed by atoms with E-state index in [0.717, 1.165) is 16.8 Å². The second-order valence-electron chi connectivity index (χ2n) is 6.96. The van der Waals surface area contributed by atoms with E-state index < -0.39 is 0 Å². The number of halogens is 1. The molecule has 1 aromatic heterocycles. The largest absolute Gasteiger partial charge is 0.351 e. The zero-order valence-electron chi connectivity index (χ0n) is 17.0. The maximum absolute atomic E-state index is 14.5. The molecule has 7 heteroatoms. The summed E-state index contributed by atoms with van der Waals surface area (Å²) in [6.07, 6.45) is 0.